The number of H-pyrrole nitrogens is 1. The third-order valence-electron chi connectivity index (χ3n) is 2.94. The van der Waals surface area contributed by atoms with Gasteiger partial charge in [0.1, 0.15) is 5.69 Å². The molecule has 0 fully saturated rings. The first-order chi connectivity index (χ1) is 8.54. The van der Waals surface area contributed by atoms with Gasteiger partial charge in [0.15, 0.2) is 0 Å². The first-order valence-electron chi connectivity index (χ1n) is 6.37. The second kappa shape index (κ2) is 6.93. The minimum atomic E-state index is -0.0959. The normalized spacial score (nSPS) is 12.2. The van der Waals surface area contributed by atoms with Crippen molar-refractivity contribution in [1.29, 1.82) is 0 Å². The fraction of sp³-hybridized carbons (Fsp3) is 0.615. The van der Waals surface area contributed by atoms with Crippen LogP contribution in [0.5, 0.6) is 0 Å². The fourth-order valence-corrected chi connectivity index (χ4v) is 1.66. The molecular formula is C13H21N3O2. The zero-order chi connectivity index (χ0) is 13.5. The Balaban J connectivity index is 2.56. The van der Waals surface area contributed by atoms with Gasteiger partial charge in [0.05, 0.1) is 0 Å². The summed E-state index contributed by atoms with van der Waals surface area (Å²) in [4.78, 5) is 29.6. The second-order valence-corrected chi connectivity index (χ2v) is 4.52. The standard InChI is InChI=1S/C13H21N3O2/c1-4-9(2)12-13(18)16-11(8-15-12)6-5-7-14-10(3)17/h8-9H,4-7H2,1-3H3,(H,14,17)(H,16,18). The number of carbonyl (C=O) groups excluding carboxylic acids is 1. The zero-order valence-electron chi connectivity index (χ0n) is 11.2. The maximum Gasteiger partial charge on any atom is 0.270 e. The van der Waals surface area contributed by atoms with Crippen LogP contribution in [0.15, 0.2) is 11.0 Å². The molecule has 18 heavy (non-hydrogen) atoms. The van der Waals surface area contributed by atoms with Crippen LogP contribution in [0.2, 0.25) is 0 Å². The van der Waals surface area contributed by atoms with Crippen molar-refractivity contribution in [2.75, 3.05) is 6.54 Å². The van der Waals surface area contributed by atoms with Crippen LogP contribution in [0.4, 0.5) is 0 Å². The van der Waals surface area contributed by atoms with E-state index < -0.39 is 0 Å². The van der Waals surface area contributed by atoms with E-state index in [-0.39, 0.29) is 17.4 Å². The van der Waals surface area contributed by atoms with Gasteiger partial charge in [-0.3, -0.25) is 14.6 Å². The Kier molecular flexibility index (Phi) is 5.55. The quantitative estimate of drug-likeness (QED) is 0.749. The Morgan fingerprint density at radius 2 is 2.28 bits per heavy atom. The lowest BCUT2D eigenvalue weighted by molar-refractivity contribution is -0.118. The number of hydrogen-bond acceptors (Lipinski definition) is 3. The second-order valence-electron chi connectivity index (χ2n) is 4.52. The smallest absolute Gasteiger partial charge is 0.270 e. The molecule has 1 heterocycles. The molecule has 5 nitrogen and oxygen atoms in total. The minimum absolute atomic E-state index is 0.0336. The molecule has 0 spiro atoms. The molecule has 1 rings (SSSR count). The average molecular weight is 251 g/mol. The first kappa shape index (κ1) is 14.4. The molecule has 1 amide bonds. The van der Waals surface area contributed by atoms with Gasteiger partial charge in [-0.1, -0.05) is 13.8 Å². The Morgan fingerprint density at radius 3 is 2.83 bits per heavy atom. The predicted octanol–water partition coefficient (Wildman–Crippen LogP) is 1.35. The van der Waals surface area contributed by atoms with E-state index in [2.05, 4.69) is 15.3 Å². The number of aryl methyl sites for hydroxylation is 1. The van der Waals surface area contributed by atoms with E-state index >= 15 is 0 Å². The van der Waals surface area contributed by atoms with Crippen molar-refractivity contribution < 1.29 is 4.79 Å². The summed E-state index contributed by atoms with van der Waals surface area (Å²) in [6.45, 7) is 6.13. The maximum atomic E-state index is 11.8. The Morgan fingerprint density at radius 1 is 1.56 bits per heavy atom. The molecule has 0 aromatic carbocycles. The lowest BCUT2D eigenvalue weighted by atomic mass is 10.1. The third kappa shape index (κ3) is 4.31. The van der Waals surface area contributed by atoms with Crippen molar-refractivity contribution in [3.63, 3.8) is 0 Å². The van der Waals surface area contributed by atoms with Crippen molar-refractivity contribution >= 4 is 5.91 Å². The SMILES string of the molecule is CCC(C)c1ncc(CCCNC(C)=O)[nH]c1=O. The van der Waals surface area contributed by atoms with Gasteiger partial charge in [0.2, 0.25) is 5.91 Å². The minimum Gasteiger partial charge on any atom is -0.356 e. The van der Waals surface area contributed by atoms with Crippen LogP contribution in [0.1, 0.15) is 50.9 Å². The molecule has 100 valence electrons. The molecule has 2 N–H and O–H groups in total. The number of nitrogens with one attached hydrogen (secondary N) is 2. The van der Waals surface area contributed by atoms with Crippen LogP contribution in [-0.4, -0.2) is 22.4 Å². The van der Waals surface area contributed by atoms with Gasteiger partial charge < -0.3 is 10.3 Å². The van der Waals surface area contributed by atoms with E-state index in [1.165, 1.54) is 6.92 Å². The molecule has 0 aliphatic rings. The molecule has 0 aliphatic heterocycles. The van der Waals surface area contributed by atoms with Crippen LogP contribution in [-0.2, 0) is 11.2 Å². The Hall–Kier alpha value is -1.65. The van der Waals surface area contributed by atoms with Crippen molar-refractivity contribution in [2.45, 2.75) is 46.0 Å². The number of rotatable bonds is 6. The van der Waals surface area contributed by atoms with Crippen LogP contribution in [0, 0.1) is 0 Å². The highest BCUT2D eigenvalue weighted by molar-refractivity contribution is 5.72. The van der Waals surface area contributed by atoms with Crippen molar-refractivity contribution in [3.8, 4) is 0 Å². The number of hydrogen-bond donors (Lipinski definition) is 2. The molecule has 0 aliphatic carbocycles. The number of carbonyl (C=O) groups is 1. The molecule has 0 radical (unpaired) electrons. The molecule has 1 aromatic rings. The van der Waals surface area contributed by atoms with Gasteiger partial charge in [-0.2, -0.15) is 0 Å². The van der Waals surface area contributed by atoms with Gasteiger partial charge in [-0.05, 0) is 19.3 Å². The number of aromatic amines is 1. The van der Waals surface area contributed by atoms with E-state index in [0.717, 1.165) is 18.5 Å². The average Bonchev–Trinajstić information content (AvgIpc) is 2.33. The van der Waals surface area contributed by atoms with E-state index in [9.17, 15) is 9.59 Å². The highest BCUT2D eigenvalue weighted by atomic mass is 16.1. The predicted molar refractivity (Wildman–Crippen MR) is 70.6 cm³/mol. The molecule has 1 unspecified atom stereocenters. The zero-order valence-corrected chi connectivity index (χ0v) is 11.2. The van der Waals surface area contributed by atoms with Gasteiger partial charge >= 0.3 is 0 Å². The molecule has 0 saturated carbocycles. The van der Waals surface area contributed by atoms with E-state index in [1.54, 1.807) is 6.20 Å². The molecule has 5 heteroatoms. The largest absolute Gasteiger partial charge is 0.356 e. The lowest BCUT2D eigenvalue weighted by Crippen LogP contribution is -2.22. The molecule has 1 aromatic heterocycles. The van der Waals surface area contributed by atoms with Gasteiger partial charge in [-0.15, -0.1) is 0 Å². The highest BCUT2D eigenvalue weighted by Crippen LogP contribution is 2.11. The summed E-state index contributed by atoms with van der Waals surface area (Å²) in [5.74, 6) is 0.149. The Labute approximate surface area is 107 Å². The van der Waals surface area contributed by atoms with Gasteiger partial charge in [0, 0.05) is 31.3 Å². The number of amides is 1. The maximum absolute atomic E-state index is 11.8. The van der Waals surface area contributed by atoms with Crippen LogP contribution in [0.3, 0.4) is 0 Å². The van der Waals surface area contributed by atoms with Gasteiger partial charge in [-0.25, -0.2) is 0 Å². The topological polar surface area (TPSA) is 74.8 Å². The van der Waals surface area contributed by atoms with Crippen LogP contribution in [0.25, 0.3) is 0 Å². The third-order valence-corrected chi connectivity index (χ3v) is 2.94. The fourth-order valence-electron chi connectivity index (χ4n) is 1.66. The number of nitrogens with zero attached hydrogens (tertiary/aromatic N) is 1. The van der Waals surface area contributed by atoms with E-state index in [1.807, 2.05) is 13.8 Å². The number of aromatic nitrogens is 2. The summed E-state index contributed by atoms with van der Waals surface area (Å²) < 4.78 is 0. The van der Waals surface area contributed by atoms with Crippen molar-refractivity contribution in [2.24, 2.45) is 0 Å². The van der Waals surface area contributed by atoms with Crippen LogP contribution >= 0.6 is 0 Å². The first-order valence-corrected chi connectivity index (χ1v) is 6.37. The van der Waals surface area contributed by atoms with Crippen LogP contribution < -0.4 is 10.9 Å². The van der Waals surface area contributed by atoms with E-state index in [0.29, 0.717) is 18.7 Å². The molecule has 0 saturated heterocycles. The molecule has 1 atom stereocenters. The summed E-state index contributed by atoms with van der Waals surface area (Å²) in [7, 11) is 0. The molecule has 0 bridgehead atoms. The van der Waals surface area contributed by atoms with Crippen molar-refractivity contribution in [3.05, 3.63) is 27.9 Å². The van der Waals surface area contributed by atoms with E-state index in [4.69, 9.17) is 0 Å². The lowest BCUT2D eigenvalue weighted by Gasteiger charge is -2.08. The Bertz CT molecular complexity index is 454. The summed E-state index contributed by atoms with van der Waals surface area (Å²) in [5.41, 5.74) is 1.32. The summed E-state index contributed by atoms with van der Waals surface area (Å²) in [6, 6.07) is 0. The monoisotopic (exact) mass is 251 g/mol. The van der Waals surface area contributed by atoms with Crippen molar-refractivity contribution in [1.82, 2.24) is 15.3 Å². The highest BCUT2D eigenvalue weighted by Gasteiger charge is 2.09. The summed E-state index contributed by atoms with van der Waals surface area (Å²) in [5, 5.41) is 2.72. The summed E-state index contributed by atoms with van der Waals surface area (Å²) >= 11 is 0. The summed E-state index contributed by atoms with van der Waals surface area (Å²) in [6.07, 6.45) is 4.12. The van der Waals surface area contributed by atoms with Gasteiger partial charge in [0.25, 0.3) is 5.56 Å². The molecular weight excluding hydrogens is 230 g/mol.